The summed E-state index contributed by atoms with van der Waals surface area (Å²) in [6.45, 7) is 4.30. The maximum Gasteiger partial charge on any atom is 0.301 e. The van der Waals surface area contributed by atoms with Gasteiger partial charge in [0, 0.05) is 5.56 Å². The number of Topliss-reactive ketones (excluding diaryl/α,β-unsaturated/α-hetero) is 1. The molecule has 0 aliphatic carbocycles. The molecule has 2 heterocycles. The molecule has 1 atom stereocenters. The molecular weight excluding hydrogens is 476 g/mol. The Bertz CT molecular complexity index is 1520. The van der Waals surface area contributed by atoms with E-state index in [1.807, 2.05) is 32.0 Å². The first-order valence-corrected chi connectivity index (χ1v) is 12.3. The zero-order valence-corrected chi connectivity index (χ0v) is 20.8. The van der Waals surface area contributed by atoms with Crippen LogP contribution in [0.1, 0.15) is 29.7 Å². The van der Waals surface area contributed by atoms with E-state index in [1.165, 1.54) is 16.2 Å². The largest absolute Gasteiger partial charge is 0.507 e. The van der Waals surface area contributed by atoms with Gasteiger partial charge in [-0.1, -0.05) is 41.7 Å². The Hall–Kier alpha value is -4.17. The standard InChI is InChI=1S/C28H24N2O5S/c1-4-35-20-10-6-8-18(15-20)25(31)23-24(17-7-5-9-19(14-17)34-3)30(27(33)26(23)32)28-29-21-12-11-16(2)13-22(21)36-28/h5-15,24,31H,4H2,1-3H3. The van der Waals surface area contributed by atoms with E-state index in [1.54, 1.807) is 55.6 Å². The van der Waals surface area contributed by atoms with Crippen molar-refractivity contribution in [1.82, 2.24) is 4.98 Å². The lowest BCUT2D eigenvalue weighted by Crippen LogP contribution is -2.29. The Kier molecular flexibility index (Phi) is 6.20. The molecule has 1 fully saturated rings. The molecule has 1 aliphatic heterocycles. The van der Waals surface area contributed by atoms with Gasteiger partial charge in [0.25, 0.3) is 5.78 Å². The molecule has 1 saturated heterocycles. The lowest BCUT2D eigenvalue weighted by Gasteiger charge is -2.23. The highest BCUT2D eigenvalue weighted by atomic mass is 32.1. The summed E-state index contributed by atoms with van der Waals surface area (Å²) >= 11 is 1.33. The van der Waals surface area contributed by atoms with Crippen molar-refractivity contribution in [2.24, 2.45) is 0 Å². The summed E-state index contributed by atoms with van der Waals surface area (Å²) in [5, 5.41) is 11.8. The minimum Gasteiger partial charge on any atom is -0.507 e. The van der Waals surface area contributed by atoms with Gasteiger partial charge in [0.05, 0.1) is 35.5 Å². The number of anilines is 1. The molecule has 5 rings (SSSR count). The molecule has 4 aromatic rings. The van der Waals surface area contributed by atoms with E-state index in [2.05, 4.69) is 4.98 Å². The number of carbonyl (C=O) groups excluding carboxylic acids is 2. The fraction of sp³-hybridized carbons (Fsp3) is 0.179. The first-order valence-electron chi connectivity index (χ1n) is 11.5. The highest BCUT2D eigenvalue weighted by Gasteiger charge is 2.48. The first-order chi connectivity index (χ1) is 17.4. The van der Waals surface area contributed by atoms with Crippen molar-refractivity contribution in [3.05, 3.63) is 89.0 Å². The second-order valence-corrected chi connectivity index (χ2v) is 9.38. The molecule has 8 heteroatoms. The first kappa shape index (κ1) is 23.6. The number of carbonyl (C=O) groups is 2. The lowest BCUT2D eigenvalue weighted by molar-refractivity contribution is -0.132. The second-order valence-electron chi connectivity index (χ2n) is 8.37. The highest BCUT2D eigenvalue weighted by Crippen LogP contribution is 2.45. The van der Waals surface area contributed by atoms with Gasteiger partial charge in [-0.3, -0.25) is 14.5 Å². The van der Waals surface area contributed by atoms with Crippen molar-refractivity contribution < 1.29 is 24.2 Å². The zero-order valence-electron chi connectivity index (χ0n) is 20.0. The van der Waals surface area contributed by atoms with Crippen molar-refractivity contribution in [3.63, 3.8) is 0 Å². The van der Waals surface area contributed by atoms with Gasteiger partial charge in [-0.25, -0.2) is 4.98 Å². The second kappa shape index (κ2) is 9.47. The van der Waals surface area contributed by atoms with Gasteiger partial charge in [-0.2, -0.15) is 0 Å². The van der Waals surface area contributed by atoms with E-state index in [9.17, 15) is 14.7 Å². The van der Waals surface area contributed by atoms with Crippen LogP contribution in [0, 0.1) is 6.92 Å². The Morgan fingerprint density at radius 2 is 1.83 bits per heavy atom. The van der Waals surface area contributed by atoms with Crippen molar-refractivity contribution in [2.75, 3.05) is 18.6 Å². The normalized spacial score (nSPS) is 17.1. The maximum absolute atomic E-state index is 13.4. The van der Waals surface area contributed by atoms with Gasteiger partial charge in [0.1, 0.15) is 17.3 Å². The Morgan fingerprint density at radius 3 is 2.61 bits per heavy atom. The van der Waals surface area contributed by atoms with Crippen LogP contribution in [-0.4, -0.2) is 35.5 Å². The Balaban J connectivity index is 1.72. The van der Waals surface area contributed by atoms with Crippen LogP contribution >= 0.6 is 11.3 Å². The highest BCUT2D eigenvalue weighted by molar-refractivity contribution is 7.22. The molecule has 36 heavy (non-hydrogen) atoms. The van der Waals surface area contributed by atoms with Crippen LogP contribution in [0.2, 0.25) is 0 Å². The van der Waals surface area contributed by atoms with Crippen molar-refractivity contribution in [2.45, 2.75) is 19.9 Å². The number of thiazole rings is 1. The quantitative estimate of drug-likeness (QED) is 0.209. The van der Waals surface area contributed by atoms with Gasteiger partial charge in [0.2, 0.25) is 0 Å². The average molecular weight is 501 g/mol. The predicted molar refractivity (Wildman–Crippen MR) is 140 cm³/mol. The third-order valence-corrected chi connectivity index (χ3v) is 7.03. The van der Waals surface area contributed by atoms with Crippen molar-refractivity contribution in [3.8, 4) is 11.5 Å². The summed E-state index contributed by atoms with van der Waals surface area (Å²) in [7, 11) is 1.55. The van der Waals surface area contributed by atoms with E-state index >= 15 is 0 Å². The number of amides is 1. The zero-order chi connectivity index (χ0) is 25.4. The van der Waals surface area contributed by atoms with Gasteiger partial charge >= 0.3 is 5.91 Å². The predicted octanol–water partition coefficient (Wildman–Crippen LogP) is 5.64. The minimum atomic E-state index is -0.891. The Labute approximate surface area is 212 Å². The number of nitrogens with zero attached hydrogens (tertiary/aromatic N) is 2. The smallest absolute Gasteiger partial charge is 0.301 e. The number of fused-ring (bicyclic) bond motifs is 1. The van der Waals surface area contributed by atoms with Gasteiger partial charge in [0.15, 0.2) is 5.13 Å². The van der Waals surface area contributed by atoms with Crippen LogP contribution in [-0.2, 0) is 9.59 Å². The molecule has 1 aliphatic rings. The fourth-order valence-electron chi connectivity index (χ4n) is 4.33. The van der Waals surface area contributed by atoms with Crippen molar-refractivity contribution >= 4 is 44.1 Å². The average Bonchev–Trinajstić information content (AvgIpc) is 3.41. The number of hydrogen-bond acceptors (Lipinski definition) is 7. The SMILES string of the molecule is CCOc1cccc(C(O)=C2C(=O)C(=O)N(c3nc4ccc(C)cc4s3)C2c2cccc(OC)c2)c1. The van der Waals surface area contributed by atoms with Crippen LogP contribution in [0.5, 0.6) is 11.5 Å². The number of aryl methyl sites for hydroxylation is 1. The molecule has 0 radical (unpaired) electrons. The summed E-state index contributed by atoms with van der Waals surface area (Å²) in [4.78, 5) is 32.9. The van der Waals surface area contributed by atoms with E-state index < -0.39 is 17.7 Å². The molecule has 1 N–H and O–H groups in total. The summed E-state index contributed by atoms with van der Waals surface area (Å²) in [5.74, 6) is -0.688. The number of rotatable bonds is 6. The molecule has 0 spiro atoms. The molecule has 7 nitrogen and oxygen atoms in total. The van der Waals surface area contributed by atoms with Crippen molar-refractivity contribution in [1.29, 1.82) is 0 Å². The van der Waals surface area contributed by atoms with Gasteiger partial charge in [-0.15, -0.1) is 0 Å². The fourth-order valence-corrected chi connectivity index (χ4v) is 5.43. The number of ether oxygens (including phenoxy) is 2. The Morgan fingerprint density at radius 1 is 1.06 bits per heavy atom. The van der Waals surface area contributed by atoms with E-state index in [0.29, 0.717) is 34.4 Å². The van der Waals surface area contributed by atoms with E-state index in [-0.39, 0.29) is 11.3 Å². The third-order valence-electron chi connectivity index (χ3n) is 6.01. The third kappa shape index (κ3) is 4.09. The molecular formula is C28H24N2O5S. The number of aromatic nitrogens is 1. The topological polar surface area (TPSA) is 89.0 Å². The van der Waals surface area contributed by atoms with Crippen LogP contribution in [0.3, 0.4) is 0 Å². The molecule has 3 aromatic carbocycles. The summed E-state index contributed by atoms with van der Waals surface area (Å²) in [5.41, 5.74) is 2.78. The number of benzene rings is 3. The van der Waals surface area contributed by atoms with Crippen LogP contribution in [0.15, 0.2) is 72.3 Å². The molecule has 1 amide bonds. The van der Waals surface area contributed by atoms with Crippen LogP contribution < -0.4 is 14.4 Å². The summed E-state index contributed by atoms with van der Waals surface area (Å²) < 4.78 is 11.9. The molecule has 0 saturated carbocycles. The monoisotopic (exact) mass is 500 g/mol. The van der Waals surface area contributed by atoms with Crippen LogP contribution in [0.25, 0.3) is 16.0 Å². The number of methoxy groups -OCH3 is 1. The minimum absolute atomic E-state index is 0.0164. The number of aliphatic hydroxyl groups is 1. The molecule has 1 aromatic heterocycles. The van der Waals surface area contributed by atoms with Gasteiger partial charge < -0.3 is 14.6 Å². The molecule has 0 bridgehead atoms. The maximum atomic E-state index is 13.4. The van der Waals surface area contributed by atoms with E-state index in [4.69, 9.17) is 9.47 Å². The lowest BCUT2D eigenvalue weighted by atomic mass is 9.95. The van der Waals surface area contributed by atoms with E-state index in [0.717, 1.165) is 15.8 Å². The van der Waals surface area contributed by atoms with Gasteiger partial charge in [-0.05, 0) is 61.4 Å². The summed E-state index contributed by atoms with van der Waals surface area (Å²) in [6.07, 6.45) is 0. The molecule has 182 valence electrons. The number of hydrogen-bond donors (Lipinski definition) is 1. The molecule has 1 unspecified atom stereocenters. The number of ketones is 1. The van der Waals surface area contributed by atoms with Crippen LogP contribution in [0.4, 0.5) is 5.13 Å². The number of aliphatic hydroxyl groups excluding tert-OH is 1. The summed E-state index contributed by atoms with van der Waals surface area (Å²) in [6, 6.07) is 18.9.